The van der Waals surface area contributed by atoms with Crippen LogP contribution in [0.1, 0.15) is 5.56 Å². The van der Waals surface area contributed by atoms with Crippen molar-refractivity contribution in [2.45, 2.75) is 6.61 Å². The van der Waals surface area contributed by atoms with Gasteiger partial charge >= 0.3 is 0 Å². The highest BCUT2D eigenvalue weighted by atomic mass is 35.5. The molecule has 24 heavy (non-hydrogen) atoms. The van der Waals surface area contributed by atoms with Crippen molar-refractivity contribution in [3.8, 4) is 16.3 Å². The van der Waals surface area contributed by atoms with E-state index in [0.717, 1.165) is 27.5 Å². The first-order chi connectivity index (χ1) is 11.7. The van der Waals surface area contributed by atoms with E-state index in [1.54, 1.807) is 23.5 Å². The van der Waals surface area contributed by atoms with Crippen molar-refractivity contribution in [3.05, 3.63) is 70.8 Å². The number of fused-ring (bicyclic) bond motifs is 1. The van der Waals surface area contributed by atoms with Crippen LogP contribution in [0.15, 0.2) is 60.2 Å². The lowest BCUT2D eigenvalue weighted by molar-refractivity contribution is 0.308. The number of nitrogens with zero attached hydrogens (tertiary/aromatic N) is 2. The highest BCUT2D eigenvalue weighted by molar-refractivity contribution is 7.13. The van der Waals surface area contributed by atoms with Crippen LogP contribution in [-0.2, 0) is 6.61 Å². The number of aromatic nitrogens is 2. The number of halogens is 1. The van der Waals surface area contributed by atoms with Crippen molar-refractivity contribution < 1.29 is 4.74 Å². The Labute approximate surface area is 148 Å². The summed E-state index contributed by atoms with van der Waals surface area (Å²) >= 11 is 7.79. The standard InChI is InChI=1S/C18H14ClN3OS/c19-15-5-4-13(20)7-12(15)10-23-14-8-17(24-11-14)16-9-21-18-3-1-2-6-22(16)18/h1-9,11H,10,20H2. The average Bonchev–Trinajstić information content (AvgIpc) is 3.22. The van der Waals surface area contributed by atoms with Gasteiger partial charge in [0, 0.05) is 33.9 Å². The third-order valence-corrected chi connectivity index (χ3v) is 5.01. The Morgan fingerprint density at radius 2 is 2.12 bits per heavy atom. The Morgan fingerprint density at radius 1 is 1.21 bits per heavy atom. The molecule has 0 bridgehead atoms. The lowest BCUT2D eigenvalue weighted by Gasteiger charge is -2.06. The summed E-state index contributed by atoms with van der Waals surface area (Å²) in [5, 5.41) is 2.64. The van der Waals surface area contributed by atoms with Crippen LogP contribution in [0.3, 0.4) is 0 Å². The molecule has 6 heteroatoms. The molecule has 4 aromatic rings. The van der Waals surface area contributed by atoms with Gasteiger partial charge in [-0.2, -0.15) is 0 Å². The van der Waals surface area contributed by atoms with Crippen LogP contribution in [0.2, 0.25) is 5.02 Å². The minimum Gasteiger partial charge on any atom is -0.488 e. The molecule has 1 aromatic carbocycles. The molecule has 0 aliphatic carbocycles. The Morgan fingerprint density at radius 3 is 3.04 bits per heavy atom. The number of anilines is 1. The van der Waals surface area contributed by atoms with Crippen molar-refractivity contribution in [2.75, 3.05) is 5.73 Å². The SMILES string of the molecule is Nc1ccc(Cl)c(COc2csc(-c3cnc4ccccn34)c2)c1. The minimum absolute atomic E-state index is 0.382. The molecule has 0 fully saturated rings. The first-order valence-electron chi connectivity index (χ1n) is 7.38. The zero-order valence-corrected chi connectivity index (χ0v) is 14.2. The van der Waals surface area contributed by atoms with Crippen LogP contribution < -0.4 is 10.5 Å². The molecule has 0 unspecified atom stereocenters. The van der Waals surface area contributed by atoms with Crippen LogP contribution in [0.5, 0.6) is 5.75 Å². The predicted octanol–water partition coefficient (Wildman–Crippen LogP) is 4.88. The number of ether oxygens (including phenoxy) is 1. The second-order valence-corrected chi connectivity index (χ2v) is 6.68. The predicted molar refractivity (Wildman–Crippen MR) is 98.7 cm³/mol. The molecule has 0 aliphatic rings. The Kier molecular flexibility index (Phi) is 3.88. The highest BCUT2D eigenvalue weighted by Crippen LogP contribution is 2.32. The van der Waals surface area contributed by atoms with Gasteiger partial charge in [0.2, 0.25) is 0 Å². The number of nitrogen functional groups attached to an aromatic ring is 1. The fourth-order valence-electron chi connectivity index (χ4n) is 2.51. The maximum Gasteiger partial charge on any atom is 0.137 e. The van der Waals surface area contributed by atoms with Crippen molar-refractivity contribution in [1.29, 1.82) is 0 Å². The molecule has 3 heterocycles. The first-order valence-corrected chi connectivity index (χ1v) is 8.64. The lowest BCUT2D eigenvalue weighted by Crippen LogP contribution is -1.97. The van der Waals surface area contributed by atoms with Gasteiger partial charge in [-0.05, 0) is 30.3 Å². The van der Waals surface area contributed by atoms with Crippen molar-refractivity contribution in [3.63, 3.8) is 0 Å². The van der Waals surface area contributed by atoms with Crippen LogP contribution >= 0.6 is 22.9 Å². The number of thiophene rings is 1. The zero-order valence-electron chi connectivity index (χ0n) is 12.6. The summed E-state index contributed by atoms with van der Waals surface area (Å²) in [4.78, 5) is 5.52. The van der Waals surface area contributed by atoms with E-state index in [1.165, 1.54) is 0 Å². The van der Waals surface area contributed by atoms with Gasteiger partial charge in [0.1, 0.15) is 18.0 Å². The molecule has 4 rings (SSSR count). The normalized spacial score (nSPS) is 11.0. The zero-order chi connectivity index (χ0) is 16.5. The maximum absolute atomic E-state index is 6.17. The van der Waals surface area contributed by atoms with Crippen LogP contribution in [-0.4, -0.2) is 9.38 Å². The van der Waals surface area contributed by atoms with Gasteiger partial charge in [-0.1, -0.05) is 17.7 Å². The molecule has 120 valence electrons. The summed E-state index contributed by atoms with van der Waals surface area (Å²) < 4.78 is 7.92. The second-order valence-electron chi connectivity index (χ2n) is 5.36. The fourth-order valence-corrected chi connectivity index (χ4v) is 3.52. The maximum atomic E-state index is 6.17. The third kappa shape index (κ3) is 2.84. The first kappa shape index (κ1) is 15.1. The van der Waals surface area contributed by atoms with Crippen LogP contribution in [0, 0.1) is 0 Å². The Hall–Kier alpha value is -2.50. The van der Waals surface area contributed by atoms with Gasteiger partial charge in [-0.15, -0.1) is 11.3 Å². The number of imidazole rings is 1. The van der Waals surface area contributed by atoms with E-state index in [1.807, 2.05) is 48.1 Å². The Bertz CT molecular complexity index is 1010. The number of benzene rings is 1. The van der Waals surface area contributed by atoms with Gasteiger partial charge in [0.25, 0.3) is 0 Å². The number of hydrogen-bond donors (Lipinski definition) is 1. The summed E-state index contributed by atoms with van der Waals surface area (Å²) in [6, 6.07) is 13.4. The molecule has 4 nitrogen and oxygen atoms in total. The topological polar surface area (TPSA) is 52.5 Å². The fraction of sp³-hybridized carbons (Fsp3) is 0.0556. The van der Waals surface area contributed by atoms with Gasteiger partial charge in [-0.25, -0.2) is 4.98 Å². The van der Waals surface area contributed by atoms with Crippen molar-refractivity contribution >= 4 is 34.3 Å². The molecule has 0 spiro atoms. The molecule has 0 saturated heterocycles. The van der Waals surface area contributed by atoms with E-state index in [0.29, 0.717) is 17.3 Å². The highest BCUT2D eigenvalue weighted by Gasteiger charge is 2.10. The summed E-state index contributed by atoms with van der Waals surface area (Å²) in [5.74, 6) is 0.805. The summed E-state index contributed by atoms with van der Waals surface area (Å²) in [6.45, 7) is 0.382. The second kappa shape index (κ2) is 6.19. The number of nitrogens with two attached hydrogens (primary N) is 1. The van der Waals surface area contributed by atoms with Gasteiger partial charge < -0.3 is 10.5 Å². The quantitative estimate of drug-likeness (QED) is 0.531. The van der Waals surface area contributed by atoms with Crippen LogP contribution in [0.25, 0.3) is 16.2 Å². The average molecular weight is 356 g/mol. The summed E-state index contributed by atoms with van der Waals surface area (Å²) in [6.07, 6.45) is 3.88. The molecule has 0 aliphatic heterocycles. The largest absolute Gasteiger partial charge is 0.488 e. The monoisotopic (exact) mass is 355 g/mol. The number of hydrogen-bond acceptors (Lipinski definition) is 4. The number of rotatable bonds is 4. The molecular formula is C18H14ClN3OS. The van der Waals surface area contributed by atoms with E-state index in [4.69, 9.17) is 22.1 Å². The molecular weight excluding hydrogens is 342 g/mol. The molecule has 3 aromatic heterocycles. The smallest absolute Gasteiger partial charge is 0.137 e. The summed E-state index contributed by atoms with van der Waals surface area (Å²) in [7, 11) is 0. The minimum atomic E-state index is 0.382. The van der Waals surface area contributed by atoms with E-state index >= 15 is 0 Å². The van der Waals surface area contributed by atoms with Gasteiger partial charge in [0.05, 0.1) is 16.8 Å². The molecule has 0 saturated carbocycles. The van der Waals surface area contributed by atoms with Gasteiger partial charge in [-0.3, -0.25) is 4.40 Å². The lowest BCUT2D eigenvalue weighted by atomic mass is 10.2. The van der Waals surface area contributed by atoms with E-state index in [9.17, 15) is 0 Å². The number of pyridine rings is 1. The molecule has 2 N–H and O–H groups in total. The summed E-state index contributed by atoms with van der Waals surface area (Å²) in [5.41, 5.74) is 9.32. The van der Waals surface area contributed by atoms with Gasteiger partial charge in [0.15, 0.2) is 0 Å². The molecule has 0 radical (unpaired) electrons. The van der Waals surface area contributed by atoms with Crippen molar-refractivity contribution in [2.24, 2.45) is 0 Å². The van der Waals surface area contributed by atoms with Crippen molar-refractivity contribution in [1.82, 2.24) is 9.38 Å². The van der Waals surface area contributed by atoms with E-state index in [2.05, 4.69) is 9.38 Å². The molecule has 0 amide bonds. The Balaban J connectivity index is 1.56. The van der Waals surface area contributed by atoms with E-state index in [-0.39, 0.29) is 0 Å². The van der Waals surface area contributed by atoms with E-state index < -0.39 is 0 Å². The van der Waals surface area contributed by atoms with Crippen LogP contribution in [0.4, 0.5) is 5.69 Å². The third-order valence-electron chi connectivity index (χ3n) is 3.71. The molecule has 0 atom stereocenters.